The highest BCUT2D eigenvalue weighted by Crippen LogP contribution is 2.04. The van der Waals surface area contributed by atoms with E-state index in [0.29, 0.717) is 12.6 Å². The molecule has 2 atom stereocenters. The molecule has 0 aliphatic rings. The molecule has 86 valence electrons. The Balaban J connectivity index is 2.11. The van der Waals surface area contributed by atoms with Crippen molar-refractivity contribution in [1.29, 1.82) is 0 Å². The summed E-state index contributed by atoms with van der Waals surface area (Å²) >= 11 is 0. The van der Waals surface area contributed by atoms with Gasteiger partial charge < -0.3 is 14.5 Å². The number of ether oxygens (including phenoxy) is 1. The highest BCUT2D eigenvalue weighted by atomic mass is 16.5. The molecule has 0 fully saturated rings. The van der Waals surface area contributed by atoms with Crippen molar-refractivity contribution in [2.24, 2.45) is 0 Å². The first-order valence-corrected chi connectivity index (χ1v) is 5.59. The summed E-state index contributed by atoms with van der Waals surface area (Å²) in [6, 6.07) is 4.36. The average molecular weight is 211 g/mol. The molecular formula is C12H21NO2. The van der Waals surface area contributed by atoms with Crippen LogP contribution in [-0.4, -0.2) is 18.7 Å². The maximum atomic E-state index is 5.63. The summed E-state index contributed by atoms with van der Waals surface area (Å²) in [6.45, 7) is 7.86. The number of nitrogens with one attached hydrogen (secondary N) is 1. The van der Waals surface area contributed by atoms with Crippen molar-refractivity contribution in [3.8, 4) is 0 Å². The van der Waals surface area contributed by atoms with Crippen LogP contribution in [0, 0.1) is 0 Å². The van der Waals surface area contributed by atoms with E-state index in [-0.39, 0.29) is 6.10 Å². The van der Waals surface area contributed by atoms with Crippen molar-refractivity contribution in [2.75, 3.05) is 6.54 Å². The fraction of sp³-hybridized carbons (Fsp3) is 0.667. The van der Waals surface area contributed by atoms with Crippen molar-refractivity contribution in [1.82, 2.24) is 5.32 Å². The smallest absolute Gasteiger partial charge is 0.129 e. The van der Waals surface area contributed by atoms with Crippen LogP contribution in [0.5, 0.6) is 0 Å². The summed E-state index contributed by atoms with van der Waals surface area (Å²) < 4.78 is 10.8. The molecule has 15 heavy (non-hydrogen) atoms. The highest BCUT2D eigenvalue weighted by Gasteiger charge is 2.05. The lowest BCUT2D eigenvalue weighted by Gasteiger charge is -2.16. The lowest BCUT2D eigenvalue weighted by atomic mass is 10.2. The van der Waals surface area contributed by atoms with Gasteiger partial charge in [0.25, 0.3) is 0 Å². The predicted octanol–water partition coefficient (Wildman–Crippen LogP) is 2.57. The largest absolute Gasteiger partial charge is 0.467 e. The predicted molar refractivity (Wildman–Crippen MR) is 60.7 cm³/mol. The van der Waals surface area contributed by atoms with E-state index in [4.69, 9.17) is 9.15 Å². The van der Waals surface area contributed by atoms with Gasteiger partial charge in [-0.3, -0.25) is 0 Å². The quantitative estimate of drug-likeness (QED) is 0.752. The fourth-order valence-corrected chi connectivity index (χ4v) is 1.19. The number of rotatable bonds is 7. The lowest BCUT2D eigenvalue weighted by Crippen LogP contribution is -2.33. The van der Waals surface area contributed by atoms with Crippen molar-refractivity contribution in [3.05, 3.63) is 24.2 Å². The van der Waals surface area contributed by atoms with Crippen LogP contribution >= 0.6 is 0 Å². The molecule has 3 nitrogen and oxygen atoms in total. The molecule has 0 aliphatic heterocycles. The van der Waals surface area contributed by atoms with Crippen molar-refractivity contribution >= 4 is 0 Å². The second-order valence-electron chi connectivity index (χ2n) is 3.92. The zero-order valence-corrected chi connectivity index (χ0v) is 9.82. The van der Waals surface area contributed by atoms with E-state index >= 15 is 0 Å². The molecular weight excluding hydrogens is 190 g/mol. The molecule has 0 spiro atoms. The zero-order chi connectivity index (χ0) is 11.1. The molecule has 0 bridgehead atoms. The van der Waals surface area contributed by atoms with Crippen LogP contribution in [0.15, 0.2) is 22.8 Å². The zero-order valence-electron chi connectivity index (χ0n) is 9.82. The van der Waals surface area contributed by atoms with Crippen LogP contribution in [0.25, 0.3) is 0 Å². The minimum atomic E-state index is 0.212. The first-order valence-electron chi connectivity index (χ1n) is 5.59. The van der Waals surface area contributed by atoms with Gasteiger partial charge in [-0.1, -0.05) is 6.92 Å². The molecule has 1 N–H and O–H groups in total. The van der Waals surface area contributed by atoms with E-state index < -0.39 is 0 Å². The van der Waals surface area contributed by atoms with Gasteiger partial charge in [-0.15, -0.1) is 0 Å². The first-order chi connectivity index (χ1) is 7.22. The molecule has 0 amide bonds. The molecule has 0 aliphatic carbocycles. The second-order valence-corrected chi connectivity index (χ2v) is 3.92. The van der Waals surface area contributed by atoms with Crippen LogP contribution in [0.3, 0.4) is 0 Å². The molecule has 0 saturated heterocycles. The van der Waals surface area contributed by atoms with Gasteiger partial charge in [-0.2, -0.15) is 0 Å². The van der Waals surface area contributed by atoms with Crippen molar-refractivity contribution in [3.63, 3.8) is 0 Å². The first kappa shape index (κ1) is 12.3. The summed E-state index contributed by atoms with van der Waals surface area (Å²) in [6.07, 6.45) is 3.02. The van der Waals surface area contributed by atoms with E-state index in [1.807, 2.05) is 12.1 Å². The third-order valence-electron chi connectivity index (χ3n) is 2.46. The Kier molecular flexibility index (Phi) is 5.43. The highest BCUT2D eigenvalue weighted by molar-refractivity contribution is 4.96. The topological polar surface area (TPSA) is 34.4 Å². The lowest BCUT2D eigenvalue weighted by molar-refractivity contribution is 0.0415. The Morgan fingerprint density at radius 1 is 1.47 bits per heavy atom. The van der Waals surface area contributed by atoms with Crippen molar-refractivity contribution in [2.45, 2.75) is 45.9 Å². The Bertz CT molecular complexity index is 246. The van der Waals surface area contributed by atoms with Crippen LogP contribution < -0.4 is 5.32 Å². The normalized spacial score (nSPS) is 15.1. The maximum absolute atomic E-state index is 5.63. The minimum Gasteiger partial charge on any atom is -0.467 e. The Morgan fingerprint density at radius 3 is 2.87 bits per heavy atom. The summed E-state index contributed by atoms with van der Waals surface area (Å²) in [5, 5.41) is 3.41. The van der Waals surface area contributed by atoms with Gasteiger partial charge in [0.15, 0.2) is 0 Å². The van der Waals surface area contributed by atoms with Gasteiger partial charge in [-0.05, 0) is 32.4 Å². The fourth-order valence-electron chi connectivity index (χ4n) is 1.19. The summed E-state index contributed by atoms with van der Waals surface area (Å²) in [4.78, 5) is 0. The Labute approximate surface area is 91.8 Å². The van der Waals surface area contributed by atoms with Gasteiger partial charge in [0, 0.05) is 12.6 Å². The second kappa shape index (κ2) is 6.64. The van der Waals surface area contributed by atoms with Crippen LogP contribution in [-0.2, 0) is 11.3 Å². The van der Waals surface area contributed by atoms with Gasteiger partial charge in [0.2, 0.25) is 0 Å². The van der Waals surface area contributed by atoms with E-state index in [9.17, 15) is 0 Å². The molecule has 0 radical (unpaired) electrons. The monoisotopic (exact) mass is 211 g/mol. The van der Waals surface area contributed by atoms with E-state index in [1.54, 1.807) is 6.26 Å². The molecule has 2 unspecified atom stereocenters. The third kappa shape index (κ3) is 5.00. The standard InChI is InChI=1S/C12H21NO2/c1-4-10(2)13-8-11(3)15-9-12-6-5-7-14-12/h5-7,10-11,13H,4,8-9H2,1-3H3. The molecule has 1 rings (SSSR count). The number of hydrogen-bond acceptors (Lipinski definition) is 3. The van der Waals surface area contributed by atoms with Gasteiger partial charge in [0.05, 0.1) is 12.4 Å². The van der Waals surface area contributed by atoms with Gasteiger partial charge in [0.1, 0.15) is 12.4 Å². The minimum absolute atomic E-state index is 0.212. The SMILES string of the molecule is CCC(C)NCC(C)OCc1ccco1. The van der Waals surface area contributed by atoms with Crippen molar-refractivity contribution < 1.29 is 9.15 Å². The molecule has 0 saturated carbocycles. The van der Waals surface area contributed by atoms with Crippen LogP contribution in [0.4, 0.5) is 0 Å². The summed E-state index contributed by atoms with van der Waals surface area (Å²) in [5.41, 5.74) is 0. The summed E-state index contributed by atoms with van der Waals surface area (Å²) in [5.74, 6) is 0.880. The third-order valence-corrected chi connectivity index (χ3v) is 2.46. The van der Waals surface area contributed by atoms with E-state index in [1.165, 1.54) is 0 Å². The Morgan fingerprint density at radius 2 is 2.27 bits per heavy atom. The average Bonchev–Trinajstić information content (AvgIpc) is 2.75. The molecule has 1 aromatic rings. The number of hydrogen-bond donors (Lipinski definition) is 1. The van der Waals surface area contributed by atoms with Crippen LogP contribution in [0.2, 0.25) is 0 Å². The van der Waals surface area contributed by atoms with Gasteiger partial charge in [-0.25, -0.2) is 0 Å². The Hall–Kier alpha value is -0.800. The molecule has 3 heteroatoms. The van der Waals surface area contributed by atoms with Crippen LogP contribution in [0.1, 0.15) is 33.0 Å². The molecule has 1 heterocycles. The number of furan rings is 1. The maximum Gasteiger partial charge on any atom is 0.129 e. The molecule has 0 aromatic carbocycles. The van der Waals surface area contributed by atoms with E-state index in [0.717, 1.165) is 18.7 Å². The van der Waals surface area contributed by atoms with Gasteiger partial charge >= 0.3 is 0 Å². The molecule has 1 aromatic heterocycles. The summed E-state index contributed by atoms with van der Waals surface area (Å²) in [7, 11) is 0. The van der Waals surface area contributed by atoms with E-state index in [2.05, 4.69) is 26.1 Å².